The Hall–Kier alpha value is -9.06. The maximum atomic E-state index is 6.61. The zero-order valence-electron chi connectivity index (χ0n) is 38.8. The van der Waals surface area contributed by atoms with Gasteiger partial charge in [-0.15, -0.1) is 0 Å². The van der Waals surface area contributed by atoms with Crippen molar-refractivity contribution in [1.82, 2.24) is 9.88 Å². The van der Waals surface area contributed by atoms with E-state index in [-0.39, 0.29) is 5.92 Å². The Labute approximate surface area is 411 Å². The second kappa shape index (κ2) is 16.9. The van der Waals surface area contributed by atoms with Crippen molar-refractivity contribution in [2.24, 2.45) is 9.98 Å². The van der Waals surface area contributed by atoms with E-state index < -0.39 is 6.17 Å². The number of para-hydroxylation sites is 2. The number of aromatic nitrogens is 1. The summed E-state index contributed by atoms with van der Waals surface area (Å²) in [5, 5.41) is 8.15. The number of nitrogens with zero attached hydrogens (tertiary/aromatic N) is 3. The van der Waals surface area contributed by atoms with Crippen LogP contribution in [0.15, 0.2) is 251 Å². The minimum atomic E-state index is -0.491. The highest BCUT2D eigenvalue weighted by Crippen LogP contribution is 2.46. The Morgan fingerprint density at radius 2 is 1.03 bits per heavy atom. The molecule has 0 spiro atoms. The largest absolute Gasteiger partial charge is 0.456 e. The smallest absolute Gasteiger partial charge is 0.170 e. The summed E-state index contributed by atoms with van der Waals surface area (Å²) in [6.45, 7) is 0. The predicted molar refractivity (Wildman–Crippen MR) is 293 cm³/mol. The first-order chi connectivity index (χ1) is 35.2. The van der Waals surface area contributed by atoms with Gasteiger partial charge in [-0.1, -0.05) is 182 Å². The number of nitrogens with one attached hydrogen (secondary N) is 1. The van der Waals surface area contributed by atoms with Crippen LogP contribution in [0.5, 0.6) is 0 Å². The van der Waals surface area contributed by atoms with Gasteiger partial charge in [0, 0.05) is 49.8 Å². The van der Waals surface area contributed by atoms with Crippen LogP contribution >= 0.6 is 0 Å². The predicted octanol–water partition coefficient (Wildman–Crippen LogP) is 16.3. The second-order valence-corrected chi connectivity index (χ2v) is 18.8. The summed E-state index contributed by atoms with van der Waals surface area (Å²) < 4.78 is 9.00. The van der Waals surface area contributed by atoms with E-state index in [9.17, 15) is 0 Å². The van der Waals surface area contributed by atoms with E-state index in [4.69, 9.17) is 14.4 Å². The molecule has 2 aliphatic rings. The summed E-state index contributed by atoms with van der Waals surface area (Å²) in [5.74, 6) is 1.83. The molecule has 1 aliphatic carbocycles. The molecule has 0 fully saturated rings. The molecule has 0 saturated heterocycles. The molecule has 0 amide bonds. The van der Waals surface area contributed by atoms with Gasteiger partial charge >= 0.3 is 0 Å². The fourth-order valence-corrected chi connectivity index (χ4v) is 11.3. The Morgan fingerprint density at radius 1 is 0.423 bits per heavy atom. The number of hydrogen-bond acceptors (Lipinski definition) is 4. The van der Waals surface area contributed by atoms with Gasteiger partial charge in [0.25, 0.3) is 0 Å². The standard InChI is InChI=1S/C66H46N4O/c1-5-16-42(17-6-1)51-34-30-49-38-45(47-31-36-60-57(40-47)54-24-13-14-26-59(54)70(60)50-22-11-4-12-23-50)28-33-52(49)56-39-46(29-35-53(51)56)48-32-37-61-58(41-48)63-55(25-15-27-62(63)71-61)66-68-64(43-18-7-2-8-19-43)67-65(69-66)44-20-9-3-10-21-44/h1-29,31-33,35-41,51,66H,30,34H2,(H,67,68,69). The zero-order chi connectivity index (χ0) is 46.8. The number of benzene rings is 10. The molecule has 0 bridgehead atoms. The van der Waals surface area contributed by atoms with Crippen LogP contribution in [-0.4, -0.2) is 16.2 Å². The Kier molecular flexibility index (Phi) is 9.73. The highest BCUT2D eigenvalue weighted by Gasteiger charge is 2.27. The molecule has 0 radical (unpaired) electrons. The zero-order valence-corrected chi connectivity index (χ0v) is 38.8. The fourth-order valence-electron chi connectivity index (χ4n) is 11.3. The quantitative estimate of drug-likeness (QED) is 0.173. The second-order valence-electron chi connectivity index (χ2n) is 18.8. The minimum Gasteiger partial charge on any atom is -0.456 e. The summed E-state index contributed by atoms with van der Waals surface area (Å²) in [4.78, 5) is 10.5. The first kappa shape index (κ1) is 41.0. The molecule has 71 heavy (non-hydrogen) atoms. The first-order valence-corrected chi connectivity index (χ1v) is 24.6. The minimum absolute atomic E-state index is 0.257. The molecule has 1 unspecified atom stereocenters. The van der Waals surface area contributed by atoms with E-state index in [1.165, 1.54) is 66.4 Å². The average molecular weight is 911 g/mol. The van der Waals surface area contributed by atoms with E-state index in [1.807, 2.05) is 36.4 Å². The molecule has 1 N–H and O–H groups in total. The monoisotopic (exact) mass is 910 g/mol. The highest BCUT2D eigenvalue weighted by molar-refractivity contribution is 6.16. The van der Waals surface area contributed by atoms with Crippen molar-refractivity contribution in [2.75, 3.05) is 0 Å². The Balaban J connectivity index is 0.885. The number of fused-ring (bicyclic) bond motifs is 9. The number of aliphatic imine (C=N–C) groups is 2. The topological polar surface area (TPSA) is 54.8 Å². The summed E-state index contributed by atoms with van der Waals surface area (Å²) >= 11 is 0. The van der Waals surface area contributed by atoms with Crippen LogP contribution in [0.2, 0.25) is 0 Å². The number of aryl methyl sites for hydroxylation is 1. The Bertz CT molecular complexity index is 4020. The number of hydrogen-bond donors (Lipinski definition) is 1. The molecule has 3 heterocycles. The molecule has 2 aromatic heterocycles. The van der Waals surface area contributed by atoms with Crippen LogP contribution < -0.4 is 5.32 Å². The van der Waals surface area contributed by atoms with Crippen molar-refractivity contribution >= 4 is 55.4 Å². The lowest BCUT2D eigenvalue weighted by molar-refractivity contribution is 0.667. The van der Waals surface area contributed by atoms with Gasteiger partial charge in [0.05, 0.1) is 11.0 Å². The molecule has 12 aromatic rings. The van der Waals surface area contributed by atoms with E-state index in [1.54, 1.807) is 0 Å². The first-order valence-electron chi connectivity index (χ1n) is 24.6. The highest BCUT2D eigenvalue weighted by atomic mass is 16.3. The van der Waals surface area contributed by atoms with Gasteiger partial charge in [-0.3, -0.25) is 0 Å². The molecule has 5 heteroatoms. The van der Waals surface area contributed by atoms with Crippen LogP contribution in [0, 0.1) is 0 Å². The van der Waals surface area contributed by atoms with Gasteiger partial charge in [-0.2, -0.15) is 0 Å². The number of amidine groups is 2. The lowest BCUT2D eigenvalue weighted by atomic mass is 9.84. The lowest BCUT2D eigenvalue weighted by Crippen LogP contribution is -2.36. The van der Waals surface area contributed by atoms with E-state index in [0.29, 0.717) is 0 Å². The molecule has 5 nitrogen and oxygen atoms in total. The van der Waals surface area contributed by atoms with Crippen LogP contribution in [0.3, 0.4) is 0 Å². The van der Waals surface area contributed by atoms with E-state index >= 15 is 0 Å². The third kappa shape index (κ3) is 7.08. The molecule has 10 aromatic carbocycles. The normalized spacial score (nSPS) is 14.7. The van der Waals surface area contributed by atoms with Crippen molar-refractivity contribution in [3.05, 3.63) is 270 Å². The van der Waals surface area contributed by atoms with E-state index in [2.05, 4.69) is 210 Å². The van der Waals surface area contributed by atoms with Crippen LogP contribution in [-0.2, 0) is 6.42 Å². The fraction of sp³-hybridized carbons (Fsp3) is 0.0606. The molecular formula is C66H46N4O. The molecule has 336 valence electrons. The molecular weight excluding hydrogens is 865 g/mol. The third-order valence-electron chi connectivity index (χ3n) is 14.7. The molecule has 14 rings (SSSR count). The summed E-state index contributed by atoms with van der Waals surface area (Å²) in [6, 6.07) is 85.3. The SMILES string of the molecule is c1ccc(C2=NC(c3cccc4oc5ccc(-c6ccc7c(c6)-c6ccc(-c8ccc9c(c8)c8ccccc8n9-c8ccccc8)cc6CCC7c6ccccc6)cc5c34)N=C(c3ccccc3)N2)cc1. The van der Waals surface area contributed by atoms with Crippen LogP contribution in [0.25, 0.3) is 82.8 Å². The summed E-state index contributed by atoms with van der Waals surface area (Å²) in [6.07, 6.45) is 1.50. The van der Waals surface area contributed by atoms with Crippen molar-refractivity contribution in [2.45, 2.75) is 24.9 Å². The third-order valence-corrected chi connectivity index (χ3v) is 14.7. The Morgan fingerprint density at radius 3 is 1.79 bits per heavy atom. The van der Waals surface area contributed by atoms with Gasteiger partial charge < -0.3 is 14.3 Å². The maximum Gasteiger partial charge on any atom is 0.170 e. The van der Waals surface area contributed by atoms with E-state index in [0.717, 1.165) is 74.3 Å². The van der Waals surface area contributed by atoms with Crippen molar-refractivity contribution in [3.8, 4) is 39.1 Å². The van der Waals surface area contributed by atoms with Crippen molar-refractivity contribution < 1.29 is 4.42 Å². The van der Waals surface area contributed by atoms with Crippen molar-refractivity contribution in [1.29, 1.82) is 0 Å². The van der Waals surface area contributed by atoms with Crippen LogP contribution in [0.4, 0.5) is 0 Å². The molecule has 1 atom stereocenters. The van der Waals surface area contributed by atoms with Gasteiger partial charge in [-0.05, 0) is 118 Å². The summed E-state index contributed by atoms with van der Waals surface area (Å²) in [5.41, 5.74) is 19.7. The average Bonchev–Trinajstić information content (AvgIpc) is 3.94. The van der Waals surface area contributed by atoms with Crippen LogP contribution in [0.1, 0.15) is 51.9 Å². The summed E-state index contributed by atoms with van der Waals surface area (Å²) in [7, 11) is 0. The van der Waals surface area contributed by atoms with Gasteiger partial charge in [0.2, 0.25) is 0 Å². The van der Waals surface area contributed by atoms with Crippen molar-refractivity contribution in [3.63, 3.8) is 0 Å². The molecule has 0 saturated carbocycles. The maximum absolute atomic E-state index is 6.61. The molecule has 1 aliphatic heterocycles. The number of furan rings is 1. The van der Waals surface area contributed by atoms with Gasteiger partial charge in [0.1, 0.15) is 22.8 Å². The number of rotatable bonds is 7. The van der Waals surface area contributed by atoms with Gasteiger partial charge in [-0.25, -0.2) is 9.98 Å². The lowest BCUT2D eigenvalue weighted by Gasteiger charge is -2.22. The van der Waals surface area contributed by atoms with Gasteiger partial charge in [0.15, 0.2) is 6.17 Å².